The van der Waals surface area contributed by atoms with Crippen molar-refractivity contribution < 1.29 is 14.3 Å². The molecule has 0 bridgehead atoms. The first-order valence-corrected chi connectivity index (χ1v) is 9.91. The highest BCUT2D eigenvalue weighted by Gasteiger charge is 2.32. The van der Waals surface area contributed by atoms with Gasteiger partial charge >= 0.3 is 5.97 Å². The lowest BCUT2D eigenvalue weighted by Gasteiger charge is -2.39. The second-order valence-electron chi connectivity index (χ2n) is 7.63. The Balaban J connectivity index is 1.44. The van der Waals surface area contributed by atoms with E-state index in [0.29, 0.717) is 18.7 Å². The van der Waals surface area contributed by atoms with Crippen LogP contribution in [0.5, 0.6) is 0 Å². The highest BCUT2D eigenvalue weighted by Crippen LogP contribution is 2.29. The fraction of sp³-hybridized carbons (Fsp3) is 0.391. The van der Waals surface area contributed by atoms with Crippen LogP contribution in [0.4, 0.5) is 5.69 Å². The fourth-order valence-corrected chi connectivity index (χ4v) is 4.21. The number of esters is 1. The van der Waals surface area contributed by atoms with E-state index in [1.54, 1.807) is 12.1 Å². The molecule has 28 heavy (non-hydrogen) atoms. The van der Waals surface area contributed by atoms with E-state index in [1.165, 1.54) is 24.7 Å². The Hall–Kier alpha value is -2.66. The van der Waals surface area contributed by atoms with Crippen molar-refractivity contribution in [1.82, 2.24) is 4.90 Å². The van der Waals surface area contributed by atoms with Crippen molar-refractivity contribution in [2.24, 2.45) is 0 Å². The van der Waals surface area contributed by atoms with Gasteiger partial charge in [-0.3, -0.25) is 9.69 Å². The number of aryl methyl sites for hydroxylation is 2. The third kappa shape index (κ3) is 3.54. The van der Waals surface area contributed by atoms with Gasteiger partial charge in [0.25, 0.3) is 0 Å². The summed E-state index contributed by atoms with van der Waals surface area (Å²) in [5, 5.41) is 0. The number of nitrogens with zero attached hydrogens (tertiary/aromatic N) is 2. The molecule has 0 saturated carbocycles. The summed E-state index contributed by atoms with van der Waals surface area (Å²) in [6, 6.07) is 13.7. The number of carbonyl (C=O) groups is 2. The van der Waals surface area contributed by atoms with Crippen LogP contribution in [0.3, 0.4) is 0 Å². The van der Waals surface area contributed by atoms with Crippen LogP contribution in [-0.4, -0.2) is 43.0 Å². The SMILES string of the molecule is COC(=O)c1ccc(CN2CCN(c3ccc4c(c3)CCC4)C(=O)[C@H]2C)cc1. The molecule has 1 saturated heterocycles. The Labute approximate surface area is 165 Å². The molecule has 1 atom stereocenters. The largest absolute Gasteiger partial charge is 0.465 e. The summed E-state index contributed by atoms with van der Waals surface area (Å²) in [6.45, 7) is 4.18. The van der Waals surface area contributed by atoms with Crippen LogP contribution >= 0.6 is 0 Å². The van der Waals surface area contributed by atoms with Gasteiger partial charge in [-0.05, 0) is 67.1 Å². The van der Waals surface area contributed by atoms with E-state index >= 15 is 0 Å². The van der Waals surface area contributed by atoms with E-state index in [1.807, 2.05) is 24.0 Å². The monoisotopic (exact) mass is 378 g/mol. The fourth-order valence-electron chi connectivity index (χ4n) is 4.21. The summed E-state index contributed by atoms with van der Waals surface area (Å²) >= 11 is 0. The molecule has 0 N–H and O–H groups in total. The minimum Gasteiger partial charge on any atom is -0.465 e. The summed E-state index contributed by atoms with van der Waals surface area (Å²) in [7, 11) is 1.38. The van der Waals surface area contributed by atoms with Crippen molar-refractivity contribution >= 4 is 17.6 Å². The quantitative estimate of drug-likeness (QED) is 0.767. The highest BCUT2D eigenvalue weighted by atomic mass is 16.5. The summed E-state index contributed by atoms with van der Waals surface area (Å²) in [5.41, 5.74) is 5.47. The minimum absolute atomic E-state index is 0.148. The van der Waals surface area contributed by atoms with Gasteiger partial charge in [0.2, 0.25) is 5.91 Å². The molecule has 1 aliphatic carbocycles. The third-order valence-electron chi connectivity index (χ3n) is 5.94. The molecule has 0 unspecified atom stereocenters. The number of hydrogen-bond acceptors (Lipinski definition) is 4. The van der Waals surface area contributed by atoms with E-state index in [2.05, 4.69) is 23.1 Å². The second-order valence-corrected chi connectivity index (χ2v) is 7.63. The lowest BCUT2D eigenvalue weighted by molar-refractivity contribution is -0.125. The second kappa shape index (κ2) is 7.76. The van der Waals surface area contributed by atoms with Gasteiger partial charge in [0.15, 0.2) is 0 Å². The molecular formula is C23H26N2O3. The summed E-state index contributed by atoms with van der Waals surface area (Å²) < 4.78 is 4.74. The van der Waals surface area contributed by atoms with E-state index in [0.717, 1.165) is 30.6 Å². The standard InChI is InChI=1S/C23H26N2O3/c1-16-22(26)25(21-11-10-18-4-3-5-20(18)14-21)13-12-24(16)15-17-6-8-19(9-7-17)23(27)28-2/h6-11,14,16H,3-5,12-13,15H2,1-2H3/t16-/m1/s1. The average Bonchev–Trinajstić information content (AvgIpc) is 3.19. The van der Waals surface area contributed by atoms with Gasteiger partial charge in [0.05, 0.1) is 18.7 Å². The zero-order valence-electron chi connectivity index (χ0n) is 16.5. The number of fused-ring (bicyclic) bond motifs is 1. The Morgan fingerprint density at radius 3 is 2.57 bits per heavy atom. The molecule has 2 aromatic rings. The Kier molecular flexibility index (Phi) is 5.18. The molecular weight excluding hydrogens is 352 g/mol. The Morgan fingerprint density at radius 1 is 1.07 bits per heavy atom. The van der Waals surface area contributed by atoms with Crippen LogP contribution < -0.4 is 4.90 Å². The summed E-state index contributed by atoms with van der Waals surface area (Å²) in [4.78, 5) is 28.7. The van der Waals surface area contributed by atoms with Gasteiger partial charge in [-0.2, -0.15) is 0 Å². The first kappa shape index (κ1) is 18.7. The van der Waals surface area contributed by atoms with Crippen molar-refractivity contribution in [1.29, 1.82) is 0 Å². The molecule has 4 rings (SSSR count). The van der Waals surface area contributed by atoms with Gasteiger partial charge in [-0.1, -0.05) is 18.2 Å². The Bertz CT molecular complexity index is 891. The van der Waals surface area contributed by atoms with Gasteiger partial charge in [-0.25, -0.2) is 4.79 Å². The van der Waals surface area contributed by atoms with Crippen molar-refractivity contribution in [3.05, 3.63) is 64.7 Å². The molecule has 1 aliphatic heterocycles. The number of methoxy groups -OCH3 is 1. The van der Waals surface area contributed by atoms with Crippen molar-refractivity contribution in [2.45, 2.75) is 38.8 Å². The molecule has 1 heterocycles. The predicted molar refractivity (Wildman–Crippen MR) is 108 cm³/mol. The number of rotatable bonds is 4. The molecule has 0 aromatic heterocycles. The number of anilines is 1. The maximum absolute atomic E-state index is 13.0. The smallest absolute Gasteiger partial charge is 0.337 e. The van der Waals surface area contributed by atoms with Crippen molar-refractivity contribution in [3.8, 4) is 0 Å². The number of amides is 1. The van der Waals surface area contributed by atoms with Crippen LogP contribution in [-0.2, 0) is 28.9 Å². The van der Waals surface area contributed by atoms with Crippen LogP contribution in [0.1, 0.15) is 40.4 Å². The summed E-state index contributed by atoms with van der Waals surface area (Å²) in [6.07, 6.45) is 3.49. The maximum Gasteiger partial charge on any atom is 0.337 e. The minimum atomic E-state index is -0.335. The zero-order valence-corrected chi connectivity index (χ0v) is 16.5. The lowest BCUT2D eigenvalue weighted by Crippen LogP contribution is -2.55. The van der Waals surface area contributed by atoms with Gasteiger partial charge < -0.3 is 9.64 Å². The van der Waals surface area contributed by atoms with Crippen LogP contribution in [0.2, 0.25) is 0 Å². The molecule has 5 nitrogen and oxygen atoms in total. The van der Waals surface area contributed by atoms with Gasteiger partial charge in [-0.15, -0.1) is 0 Å². The molecule has 2 aliphatic rings. The van der Waals surface area contributed by atoms with E-state index in [9.17, 15) is 9.59 Å². The number of benzene rings is 2. The van der Waals surface area contributed by atoms with E-state index in [4.69, 9.17) is 4.74 Å². The number of hydrogen-bond donors (Lipinski definition) is 0. The van der Waals surface area contributed by atoms with Gasteiger partial charge in [0.1, 0.15) is 0 Å². The van der Waals surface area contributed by atoms with Crippen LogP contribution in [0.25, 0.3) is 0 Å². The van der Waals surface area contributed by atoms with Gasteiger partial charge in [0, 0.05) is 25.3 Å². The normalized spacial score (nSPS) is 19.6. The van der Waals surface area contributed by atoms with Crippen LogP contribution in [0, 0.1) is 0 Å². The number of piperazine rings is 1. The zero-order chi connectivity index (χ0) is 19.7. The molecule has 2 aromatic carbocycles. The van der Waals surface area contributed by atoms with Crippen molar-refractivity contribution in [2.75, 3.05) is 25.1 Å². The topological polar surface area (TPSA) is 49.9 Å². The third-order valence-corrected chi connectivity index (χ3v) is 5.94. The lowest BCUT2D eigenvalue weighted by atomic mass is 10.1. The molecule has 146 valence electrons. The van der Waals surface area contributed by atoms with E-state index in [-0.39, 0.29) is 17.9 Å². The number of ether oxygens (including phenoxy) is 1. The maximum atomic E-state index is 13.0. The molecule has 1 amide bonds. The number of carbonyl (C=O) groups excluding carboxylic acids is 2. The highest BCUT2D eigenvalue weighted by molar-refractivity contribution is 5.97. The molecule has 1 fully saturated rings. The average molecular weight is 378 g/mol. The molecule has 0 spiro atoms. The first-order chi connectivity index (χ1) is 13.6. The molecule has 5 heteroatoms. The first-order valence-electron chi connectivity index (χ1n) is 9.91. The molecule has 0 radical (unpaired) electrons. The Morgan fingerprint density at radius 2 is 1.82 bits per heavy atom. The van der Waals surface area contributed by atoms with Crippen LogP contribution in [0.15, 0.2) is 42.5 Å². The van der Waals surface area contributed by atoms with E-state index < -0.39 is 0 Å². The van der Waals surface area contributed by atoms with Crippen molar-refractivity contribution in [3.63, 3.8) is 0 Å². The predicted octanol–water partition coefficient (Wildman–Crippen LogP) is 3.20. The summed E-state index contributed by atoms with van der Waals surface area (Å²) in [5.74, 6) is -0.187.